The van der Waals surface area contributed by atoms with Crippen molar-refractivity contribution in [2.45, 2.75) is 45.8 Å². The third kappa shape index (κ3) is 4.61. The molecule has 0 unspecified atom stereocenters. The van der Waals surface area contributed by atoms with E-state index in [1.807, 2.05) is 20.8 Å². The van der Waals surface area contributed by atoms with Crippen molar-refractivity contribution in [1.29, 1.82) is 0 Å². The molecule has 0 aliphatic carbocycles. The van der Waals surface area contributed by atoms with Gasteiger partial charge >= 0.3 is 12.2 Å². The topological polar surface area (TPSA) is 59.1 Å². The van der Waals surface area contributed by atoms with Gasteiger partial charge in [0.05, 0.1) is 12.6 Å². The molecule has 0 spiro atoms. The number of rotatable bonds is 2. The van der Waals surface area contributed by atoms with Crippen LogP contribution in [0.2, 0.25) is 0 Å². The van der Waals surface area contributed by atoms with Crippen molar-refractivity contribution in [3.05, 3.63) is 0 Å². The Hall–Kier alpha value is -1.46. The first-order chi connectivity index (χ1) is 8.74. The summed E-state index contributed by atoms with van der Waals surface area (Å²) in [6, 6.07) is -0.00781. The van der Waals surface area contributed by atoms with Crippen LogP contribution in [0.5, 0.6) is 0 Å². The Kier molecular flexibility index (Phi) is 5.03. The van der Waals surface area contributed by atoms with Crippen LogP contribution in [-0.2, 0) is 9.47 Å². The Morgan fingerprint density at radius 2 is 2.00 bits per heavy atom. The maximum Gasteiger partial charge on any atom is 0.410 e. The maximum absolute atomic E-state index is 11.9. The Morgan fingerprint density at radius 3 is 2.53 bits per heavy atom. The third-order valence-corrected chi connectivity index (χ3v) is 2.92. The van der Waals surface area contributed by atoms with Gasteiger partial charge in [0.15, 0.2) is 0 Å². The van der Waals surface area contributed by atoms with E-state index in [0.717, 1.165) is 6.42 Å². The minimum atomic E-state index is -0.498. The second kappa shape index (κ2) is 6.12. The number of hydrogen-bond acceptors (Lipinski definition) is 4. The van der Waals surface area contributed by atoms with Gasteiger partial charge < -0.3 is 19.3 Å². The summed E-state index contributed by atoms with van der Waals surface area (Å²) in [5.41, 5.74) is -0.498. The molecule has 110 valence electrons. The van der Waals surface area contributed by atoms with Crippen LogP contribution in [0.1, 0.15) is 34.1 Å². The quantitative estimate of drug-likeness (QED) is 0.772. The number of hydrogen-bond donors (Lipinski definition) is 0. The Bertz CT molecular complexity index is 338. The van der Waals surface area contributed by atoms with Crippen LogP contribution in [-0.4, -0.2) is 60.4 Å². The highest BCUT2D eigenvalue weighted by atomic mass is 16.6. The number of carbonyl (C=O) groups excluding carboxylic acids is 2. The van der Waals surface area contributed by atoms with Gasteiger partial charge in [0.25, 0.3) is 0 Å². The minimum Gasteiger partial charge on any atom is -0.450 e. The van der Waals surface area contributed by atoms with Gasteiger partial charge in [-0.15, -0.1) is 0 Å². The van der Waals surface area contributed by atoms with Gasteiger partial charge in [-0.05, 0) is 34.1 Å². The van der Waals surface area contributed by atoms with Crippen molar-refractivity contribution in [3.8, 4) is 0 Å². The summed E-state index contributed by atoms with van der Waals surface area (Å²) in [7, 11) is 1.70. The molecule has 0 bridgehead atoms. The summed E-state index contributed by atoms with van der Waals surface area (Å²) in [4.78, 5) is 26.7. The largest absolute Gasteiger partial charge is 0.450 e. The van der Waals surface area contributed by atoms with E-state index in [4.69, 9.17) is 9.47 Å². The molecular weight excluding hydrogens is 248 g/mol. The lowest BCUT2D eigenvalue weighted by Crippen LogP contribution is -2.41. The van der Waals surface area contributed by atoms with Gasteiger partial charge in [0, 0.05) is 20.1 Å². The van der Waals surface area contributed by atoms with E-state index < -0.39 is 5.60 Å². The Morgan fingerprint density at radius 1 is 1.37 bits per heavy atom. The van der Waals surface area contributed by atoms with Crippen LogP contribution in [0.3, 0.4) is 0 Å². The molecule has 19 heavy (non-hydrogen) atoms. The molecule has 6 heteroatoms. The highest BCUT2D eigenvalue weighted by Gasteiger charge is 2.33. The lowest BCUT2D eigenvalue weighted by Gasteiger charge is -2.26. The minimum absolute atomic E-state index is 0.00781. The van der Waals surface area contributed by atoms with Gasteiger partial charge in [-0.25, -0.2) is 9.59 Å². The van der Waals surface area contributed by atoms with Crippen LogP contribution in [0.25, 0.3) is 0 Å². The lowest BCUT2D eigenvalue weighted by molar-refractivity contribution is 0.0279. The summed E-state index contributed by atoms with van der Waals surface area (Å²) in [5.74, 6) is 0. The third-order valence-electron chi connectivity index (χ3n) is 2.92. The molecule has 2 amide bonds. The Balaban J connectivity index is 2.49. The average molecular weight is 272 g/mol. The summed E-state index contributed by atoms with van der Waals surface area (Å²) < 4.78 is 10.3. The van der Waals surface area contributed by atoms with Crippen molar-refractivity contribution in [2.24, 2.45) is 0 Å². The van der Waals surface area contributed by atoms with Crippen LogP contribution >= 0.6 is 0 Å². The monoisotopic (exact) mass is 272 g/mol. The molecule has 1 aliphatic heterocycles. The van der Waals surface area contributed by atoms with E-state index in [2.05, 4.69) is 0 Å². The van der Waals surface area contributed by atoms with Crippen molar-refractivity contribution in [2.75, 3.05) is 26.7 Å². The predicted molar refractivity (Wildman–Crippen MR) is 71.0 cm³/mol. The van der Waals surface area contributed by atoms with Gasteiger partial charge in [-0.3, -0.25) is 0 Å². The lowest BCUT2D eigenvalue weighted by atomic mass is 10.2. The van der Waals surface area contributed by atoms with Gasteiger partial charge in [0.2, 0.25) is 0 Å². The highest BCUT2D eigenvalue weighted by molar-refractivity contribution is 5.70. The standard InChI is InChI=1S/C13H24N2O4/c1-6-18-11(16)14(5)10-7-8-15(9-10)12(17)19-13(2,3)4/h10H,6-9H2,1-5H3/t10-/m1/s1. The van der Waals surface area contributed by atoms with Crippen LogP contribution in [0.15, 0.2) is 0 Å². The van der Waals surface area contributed by atoms with E-state index in [0.29, 0.717) is 19.7 Å². The van der Waals surface area contributed by atoms with Crippen LogP contribution in [0, 0.1) is 0 Å². The van der Waals surface area contributed by atoms with E-state index in [9.17, 15) is 9.59 Å². The zero-order valence-electron chi connectivity index (χ0n) is 12.4. The van der Waals surface area contributed by atoms with Crippen LogP contribution < -0.4 is 0 Å². The zero-order valence-corrected chi connectivity index (χ0v) is 12.4. The number of amides is 2. The smallest absolute Gasteiger partial charge is 0.410 e. The van der Waals surface area contributed by atoms with Gasteiger partial charge in [-0.2, -0.15) is 0 Å². The van der Waals surface area contributed by atoms with E-state index in [1.54, 1.807) is 23.8 Å². The van der Waals surface area contributed by atoms with Gasteiger partial charge in [0.1, 0.15) is 5.60 Å². The van der Waals surface area contributed by atoms with Crippen molar-refractivity contribution in [1.82, 2.24) is 9.80 Å². The normalized spacial score (nSPS) is 19.2. The molecule has 0 saturated carbocycles. The molecule has 0 aromatic carbocycles. The zero-order chi connectivity index (χ0) is 14.6. The van der Waals surface area contributed by atoms with Crippen molar-refractivity contribution in [3.63, 3.8) is 0 Å². The highest BCUT2D eigenvalue weighted by Crippen LogP contribution is 2.18. The number of likely N-dealkylation sites (N-methyl/N-ethyl adjacent to an activating group) is 1. The van der Waals surface area contributed by atoms with Crippen LogP contribution in [0.4, 0.5) is 9.59 Å². The van der Waals surface area contributed by atoms with Gasteiger partial charge in [-0.1, -0.05) is 0 Å². The molecule has 1 saturated heterocycles. The first-order valence-corrected chi connectivity index (χ1v) is 6.62. The molecule has 1 aliphatic rings. The molecule has 1 rings (SSSR count). The molecule has 1 atom stereocenters. The molecule has 0 radical (unpaired) electrons. The number of ether oxygens (including phenoxy) is 2. The first-order valence-electron chi connectivity index (χ1n) is 6.62. The second-order valence-electron chi connectivity index (χ2n) is 5.68. The average Bonchev–Trinajstić information content (AvgIpc) is 2.75. The van der Waals surface area contributed by atoms with E-state index in [1.165, 1.54) is 0 Å². The number of likely N-dealkylation sites (tertiary alicyclic amines) is 1. The number of nitrogens with zero attached hydrogens (tertiary/aromatic N) is 2. The fourth-order valence-electron chi connectivity index (χ4n) is 1.92. The maximum atomic E-state index is 11.9. The Labute approximate surface area is 114 Å². The summed E-state index contributed by atoms with van der Waals surface area (Å²) in [5, 5.41) is 0. The summed E-state index contributed by atoms with van der Waals surface area (Å²) >= 11 is 0. The first kappa shape index (κ1) is 15.6. The van der Waals surface area contributed by atoms with E-state index in [-0.39, 0.29) is 18.2 Å². The van der Waals surface area contributed by atoms with Crippen molar-refractivity contribution >= 4 is 12.2 Å². The molecule has 0 N–H and O–H groups in total. The summed E-state index contributed by atoms with van der Waals surface area (Å²) in [6.07, 6.45) is 0.0694. The SMILES string of the molecule is CCOC(=O)N(C)[C@@H]1CCN(C(=O)OC(C)(C)C)C1. The fourth-order valence-corrected chi connectivity index (χ4v) is 1.92. The van der Waals surface area contributed by atoms with Crippen molar-refractivity contribution < 1.29 is 19.1 Å². The number of carbonyl (C=O) groups is 2. The summed E-state index contributed by atoms with van der Waals surface area (Å²) in [6.45, 7) is 8.72. The predicted octanol–water partition coefficient (Wildman–Crippen LogP) is 2.08. The molecule has 0 aromatic rings. The van der Waals surface area contributed by atoms with E-state index >= 15 is 0 Å². The molecule has 1 heterocycles. The fraction of sp³-hybridized carbons (Fsp3) is 0.846. The molecule has 6 nitrogen and oxygen atoms in total. The molecule has 1 fully saturated rings. The molecular formula is C13H24N2O4. The second-order valence-corrected chi connectivity index (χ2v) is 5.68. The molecule has 0 aromatic heterocycles.